The van der Waals surface area contributed by atoms with E-state index in [1.165, 1.54) is 22.3 Å². The maximum absolute atomic E-state index is 11.2. The van der Waals surface area contributed by atoms with Crippen molar-refractivity contribution in [3.05, 3.63) is 58.7 Å². The van der Waals surface area contributed by atoms with Crippen molar-refractivity contribution in [2.24, 2.45) is 0 Å². The van der Waals surface area contributed by atoms with Crippen LogP contribution in [0.4, 0.5) is 11.4 Å². The lowest BCUT2D eigenvalue weighted by Gasteiger charge is -2.25. The standard InChI is InChI=1S/C12H15ClN2O.C10H14N2.C2H2Cl2O/c1-15-5-4-9-6-11(14-12(16)7-13)3-2-10(9)8-15;1-12-5-4-8-6-10(11)3-2-9(8)7-12;3-1-2(4)5/h2-3,6H,4-5,7-8H2,1H3,(H,14,16);2-3,6H,4-5,7,11H2,1H3;1H2. The molecule has 9 heteroatoms. The van der Waals surface area contributed by atoms with Crippen molar-refractivity contribution in [2.45, 2.75) is 25.9 Å². The second kappa shape index (κ2) is 13.8. The number of alkyl halides is 2. The van der Waals surface area contributed by atoms with Gasteiger partial charge in [0.1, 0.15) is 5.88 Å². The van der Waals surface area contributed by atoms with Gasteiger partial charge in [0, 0.05) is 37.6 Å². The van der Waals surface area contributed by atoms with Crippen molar-refractivity contribution in [2.75, 3.05) is 50.0 Å². The van der Waals surface area contributed by atoms with Gasteiger partial charge in [0.25, 0.3) is 0 Å². The minimum Gasteiger partial charge on any atom is -0.399 e. The van der Waals surface area contributed by atoms with E-state index in [-0.39, 0.29) is 17.7 Å². The van der Waals surface area contributed by atoms with Crippen LogP contribution in [0.15, 0.2) is 36.4 Å². The first-order valence-electron chi connectivity index (χ1n) is 10.7. The van der Waals surface area contributed by atoms with Crippen LogP contribution in [0.5, 0.6) is 0 Å². The lowest BCUT2D eigenvalue weighted by Crippen LogP contribution is -2.26. The zero-order chi connectivity index (χ0) is 24.4. The van der Waals surface area contributed by atoms with Gasteiger partial charge in [-0.1, -0.05) is 12.1 Å². The predicted octanol–water partition coefficient (Wildman–Crippen LogP) is 4.10. The Hall–Kier alpha value is -1.83. The summed E-state index contributed by atoms with van der Waals surface area (Å²) in [6.45, 7) is 4.27. The third kappa shape index (κ3) is 9.51. The molecule has 0 fully saturated rings. The highest BCUT2D eigenvalue weighted by molar-refractivity contribution is 6.67. The fourth-order valence-electron chi connectivity index (χ4n) is 3.68. The van der Waals surface area contributed by atoms with E-state index in [4.69, 9.17) is 40.5 Å². The summed E-state index contributed by atoms with van der Waals surface area (Å²) in [6, 6.07) is 12.3. The molecule has 0 spiro atoms. The Morgan fingerprint density at radius 1 is 0.879 bits per heavy atom. The number of halogens is 3. The molecule has 0 atom stereocenters. The number of fused-ring (bicyclic) bond motifs is 2. The van der Waals surface area contributed by atoms with Gasteiger partial charge >= 0.3 is 0 Å². The number of carbonyl (C=O) groups excluding carboxylic acids is 2. The summed E-state index contributed by atoms with van der Waals surface area (Å²) in [5.41, 5.74) is 13.0. The van der Waals surface area contributed by atoms with Crippen molar-refractivity contribution in [3.63, 3.8) is 0 Å². The van der Waals surface area contributed by atoms with Crippen LogP contribution in [0.3, 0.4) is 0 Å². The molecule has 180 valence electrons. The summed E-state index contributed by atoms with van der Waals surface area (Å²) in [5, 5.41) is 2.26. The molecule has 0 unspecified atom stereocenters. The first kappa shape index (κ1) is 27.4. The molecule has 3 N–H and O–H groups in total. The molecule has 0 aliphatic carbocycles. The van der Waals surface area contributed by atoms with Crippen molar-refractivity contribution in [1.82, 2.24) is 9.80 Å². The maximum Gasteiger partial charge on any atom is 0.239 e. The molecule has 0 saturated heterocycles. The fraction of sp³-hybridized carbons (Fsp3) is 0.417. The molecule has 2 aromatic carbocycles. The van der Waals surface area contributed by atoms with Gasteiger partial charge in [0.05, 0.1) is 5.88 Å². The van der Waals surface area contributed by atoms with Gasteiger partial charge in [-0.25, -0.2) is 0 Å². The Balaban J connectivity index is 0.000000200. The van der Waals surface area contributed by atoms with E-state index >= 15 is 0 Å². The van der Waals surface area contributed by atoms with Crippen LogP contribution in [-0.4, -0.2) is 59.9 Å². The summed E-state index contributed by atoms with van der Waals surface area (Å²) in [7, 11) is 4.27. The quantitative estimate of drug-likeness (QED) is 0.367. The Morgan fingerprint density at radius 2 is 1.39 bits per heavy atom. The largest absolute Gasteiger partial charge is 0.399 e. The first-order chi connectivity index (χ1) is 15.7. The minimum atomic E-state index is -0.508. The first-order valence-corrected chi connectivity index (χ1v) is 12.1. The number of hydrogen-bond donors (Lipinski definition) is 2. The third-order valence-corrected chi connectivity index (χ3v) is 6.11. The molecule has 2 aliphatic rings. The van der Waals surface area contributed by atoms with Crippen molar-refractivity contribution in [3.8, 4) is 0 Å². The average molecular weight is 514 g/mol. The molecule has 0 aromatic heterocycles. The number of rotatable bonds is 3. The van der Waals surface area contributed by atoms with Gasteiger partial charge in [-0.2, -0.15) is 0 Å². The Bertz CT molecular complexity index is 955. The zero-order valence-corrected chi connectivity index (χ0v) is 21.3. The van der Waals surface area contributed by atoms with Crippen molar-refractivity contribution in [1.29, 1.82) is 0 Å². The number of anilines is 2. The van der Waals surface area contributed by atoms with Crippen LogP contribution in [-0.2, 0) is 35.5 Å². The number of carbonyl (C=O) groups is 2. The van der Waals surface area contributed by atoms with E-state index in [1.807, 2.05) is 18.2 Å². The number of nitrogen functional groups attached to an aromatic ring is 1. The molecule has 2 aliphatic heterocycles. The second-order valence-electron chi connectivity index (χ2n) is 8.16. The number of likely N-dealkylation sites (N-methyl/N-ethyl adjacent to an activating group) is 2. The van der Waals surface area contributed by atoms with E-state index in [9.17, 15) is 9.59 Å². The lowest BCUT2D eigenvalue weighted by molar-refractivity contribution is -0.114. The number of amides is 1. The third-order valence-electron chi connectivity index (χ3n) is 5.35. The Morgan fingerprint density at radius 3 is 1.91 bits per heavy atom. The Labute approximate surface area is 211 Å². The minimum absolute atomic E-state index is 0.000176. The van der Waals surface area contributed by atoms with Gasteiger partial charge in [-0.15, -0.1) is 23.2 Å². The normalized spacial score (nSPS) is 15.1. The van der Waals surface area contributed by atoms with Gasteiger partial charge in [-0.3, -0.25) is 9.59 Å². The number of nitrogens with one attached hydrogen (secondary N) is 1. The van der Waals surface area contributed by atoms with Crippen LogP contribution in [0.25, 0.3) is 0 Å². The van der Waals surface area contributed by atoms with Crippen LogP contribution >= 0.6 is 34.8 Å². The van der Waals surface area contributed by atoms with E-state index in [2.05, 4.69) is 47.4 Å². The zero-order valence-electron chi connectivity index (χ0n) is 19.0. The van der Waals surface area contributed by atoms with Crippen LogP contribution in [0.1, 0.15) is 22.3 Å². The molecular formula is C24H31Cl3N4O2. The monoisotopic (exact) mass is 512 g/mol. The van der Waals surface area contributed by atoms with E-state index in [0.717, 1.165) is 50.4 Å². The smallest absolute Gasteiger partial charge is 0.239 e. The number of nitrogens with zero attached hydrogens (tertiary/aromatic N) is 2. The summed E-state index contributed by atoms with van der Waals surface area (Å²) in [5.74, 6) is -0.254. The number of nitrogens with two attached hydrogens (primary N) is 1. The number of benzene rings is 2. The molecule has 1 amide bonds. The summed E-state index contributed by atoms with van der Waals surface area (Å²) >= 11 is 15.0. The Kier molecular flexibility index (Phi) is 11.4. The van der Waals surface area contributed by atoms with Crippen molar-refractivity contribution >= 4 is 57.3 Å². The highest BCUT2D eigenvalue weighted by atomic mass is 35.5. The molecule has 0 saturated carbocycles. The average Bonchev–Trinajstić information content (AvgIpc) is 2.80. The highest BCUT2D eigenvalue weighted by Crippen LogP contribution is 2.22. The summed E-state index contributed by atoms with van der Waals surface area (Å²) in [6.07, 6.45) is 2.17. The SMILES string of the molecule is CN1CCc2cc(N)ccc2C1.CN1CCc2cc(NC(=O)CCl)ccc2C1.O=C(Cl)CCl. The molecule has 6 nitrogen and oxygen atoms in total. The predicted molar refractivity (Wildman–Crippen MR) is 138 cm³/mol. The molecule has 33 heavy (non-hydrogen) atoms. The molecule has 4 rings (SSSR count). The second-order valence-corrected chi connectivity index (χ2v) is 9.11. The molecule has 0 radical (unpaired) electrons. The number of hydrogen-bond acceptors (Lipinski definition) is 5. The van der Waals surface area contributed by atoms with Gasteiger partial charge in [-0.05, 0) is 85.1 Å². The molecular weight excluding hydrogens is 483 g/mol. The van der Waals surface area contributed by atoms with Crippen LogP contribution in [0, 0.1) is 0 Å². The van der Waals surface area contributed by atoms with Gasteiger partial charge in [0.15, 0.2) is 0 Å². The maximum atomic E-state index is 11.2. The van der Waals surface area contributed by atoms with E-state index in [1.54, 1.807) is 0 Å². The van der Waals surface area contributed by atoms with E-state index in [0.29, 0.717) is 0 Å². The molecule has 2 heterocycles. The topological polar surface area (TPSA) is 78.7 Å². The molecule has 2 aromatic rings. The van der Waals surface area contributed by atoms with Gasteiger partial charge in [0.2, 0.25) is 11.1 Å². The van der Waals surface area contributed by atoms with E-state index < -0.39 is 5.24 Å². The fourth-order valence-corrected chi connectivity index (χ4v) is 3.75. The van der Waals surface area contributed by atoms with Crippen LogP contribution in [0.2, 0.25) is 0 Å². The van der Waals surface area contributed by atoms with Gasteiger partial charge < -0.3 is 20.9 Å². The lowest BCUT2D eigenvalue weighted by atomic mass is 9.99. The van der Waals surface area contributed by atoms with Crippen LogP contribution < -0.4 is 11.1 Å². The molecule has 0 bridgehead atoms. The van der Waals surface area contributed by atoms with Crippen molar-refractivity contribution < 1.29 is 9.59 Å². The summed E-state index contributed by atoms with van der Waals surface area (Å²) < 4.78 is 0. The highest BCUT2D eigenvalue weighted by Gasteiger charge is 2.14. The summed E-state index contributed by atoms with van der Waals surface area (Å²) in [4.78, 5) is 25.2.